The standard InChI is InChI=1S/C12H20BrNOS/c1-3-6-14-10(4-7-15-2)9-12-11(13)5-8-16-12/h5,8,10,14H,3-4,6-7,9H2,1-2H3. The molecular weight excluding hydrogens is 286 g/mol. The predicted molar refractivity (Wildman–Crippen MR) is 74.3 cm³/mol. The average molecular weight is 306 g/mol. The van der Waals surface area contributed by atoms with E-state index in [-0.39, 0.29) is 0 Å². The van der Waals surface area contributed by atoms with Crippen LogP contribution in [0.4, 0.5) is 0 Å². The van der Waals surface area contributed by atoms with Gasteiger partial charge in [0.2, 0.25) is 0 Å². The van der Waals surface area contributed by atoms with Crippen LogP contribution in [0.1, 0.15) is 24.6 Å². The minimum absolute atomic E-state index is 0.523. The van der Waals surface area contributed by atoms with Crippen molar-refractivity contribution in [3.05, 3.63) is 20.8 Å². The number of ether oxygens (including phenoxy) is 1. The minimum Gasteiger partial charge on any atom is -0.385 e. The number of thiophene rings is 1. The smallest absolute Gasteiger partial charge is 0.0477 e. The van der Waals surface area contributed by atoms with Crippen LogP contribution >= 0.6 is 27.3 Å². The highest BCUT2D eigenvalue weighted by Gasteiger charge is 2.11. The van der Waals surface area contributed by atoms with Crippen LogP contribution in [0.3, 0.4) is 0 Å². The van der Waals surface area contributed by atoms with Crippen molar-refractivity contribution in [3.8, 4) is 0 Å². The number of halogens is 1. The van der Waals surface area contributed by atoms with Gasteiger partial charge in [0.05, 0.1) is 0 Å². The van der Waals surface area contributed by atoms with Gasteiger partial charge in [-0.15, -0.1) is 11.3 Å². The summed E-state index contributed by atoms with van der Waals surface area (Å²) in [5.74, 6) is 0. The van der Waals surface area contributed by atoms with Gasteiger partial charge in [-0.05, 0) is 53.2 Å². The Balaban J connectivity index is 2.45. The van der Waals surface area contributed by atoms with Gasteiger partial charge in [-0.2, -0.15) is 0 Å². The van der Waals surface area contributed by atoms with E-state index in [0.29, 0.717) is 6.04 Å². The number of hydrogen-bond acceptors (Lipinski definition) is 3. The van der Waals surface area contributed by atoms with Gasteiger partial charge in [-0.1, -0.05) is 6.92 Å². The molecule has 1 N–H and O–H groups in total. The number of rotatable bonds is 8. The summed E-state index contributed by atoms with van der Waals surface area (Å²) in [5.41, 5.74) is 0. The first kappa shape index (κ1) is 14.2. The van der Waals surface area contributed by atoms with Crippen LogP contribution < -0.4 is 5.32 Å². The molecule has 1 atom stereocenters. The molecular formula is C12H20BrNOS. The van der Waals surface area contributed by atoms with Gasteiger partial charge in [0.15, 0.2) is 0 Å². The molecule has 0 saturated heterocycles. The molecule has 0 radical (unpaired) electrons. The monoisotopic (exact) mass is 305 g/mol. The quantitative estimate of drug-likeness (QED) is 0.794. The maximum absolute atomic E-state index is 5.15. The number of methoxy groups -OCH3 is 1. The van der Waals surface area contributed by atoms with Crippen LogP contribution in [-0.2, 0) is 11.2 Å². The van der Waals surface area contributed by atoms with Gasteiger partial charge in [0, 0.05) is 29.1 Å². The van der Waals surface area contributed by atoms with Crippen molar-refractivity contribution in [1.29, 1.82) is 0 Å². The van der Waals surface area contributed by atoms with Crippen molar-refractivity contribution >= 4 is 27.3 Å². The zero-order valence-electron chi connectivity index (χ0n) is 9.96. The normalized spacial score (nSPS) is 12.9. The maximum Gasteiger partial charge on any atom is 0.0477 e. The van der Waals surface area contributed by atoms with Gasteiger partial charge in [-0.3, -0.25) is 0 Å². The fourth-order valence-electron chi connectivity index (χ4n) is 1.58. The highest BCUT2D eigenvalue weighted by Crippen LogP contribution is 2.24. The summed E-state index contributed by atoms with van der Waals surface area (Å²) in [4.78, 5) is 1.42. The first-order chi connectivity index (χ1) is 7.77. The molecule has 0 amide bonds. The van der Waals surface area contributed by atoms with Crippen molar-refractivity contribution in [3.63, 3.8) is 0 Å². The van der Waals surface area contributed by atoms with E-state index < -0.39 is 0 Å². The zero-order chi connectivity index (χ0) is 11.8. The van der Waals surface area contributed by atoms with E-state index in [9.17, 15) is 0 Å². The molecule has 4 heteroatoms. The number of nitrogens with one attached hydrogen (secondary N) is 1. The first-order valence-corrected chi connectivity index (χ1v) is 7.39. The van der Waals surface area contributed by atoms with E-state index in [0.717, 1.165) is 26.0 Å². The molecule has 16 heavy (non-hydrogen) atoms. The molecule has 0 aliphatic rings. The zero-order valence-corrected chi connectivity index (χ0v) is 12.4. The fourth-order valence-corrected chi connectivity index (χ4v) is 3.18. The minimum atomic E-state index is 0.523. The second kappa shape index (κ2) is 8.23. The lowest BCUT2D eigenvalue weighted by Gasteiger charge is -2.17. The maximum atomic E-state index is 5.15. The Labute approximate surface area is 111 Å². The number of hydrogen-bond donors (Lipinski definition) is 1. The van der Waals surface area contributed by atoms with E-state index in [1.165, 1.54) is 15.8 Å². The van der Waals surface area contributed by atoms with E-state index in [4.69, 9.17) is 4.74 Å². The fraction of sp³-hybridized carbons (Fsp3) is 0.667. The molecule has 1 unspecified atom stereocenters. The molecule has 0 aliphatic heterocycles. The Kier molecular flexibility index (Phi) is 7.28. The lowest BCUT2D eigenvalue weighted by Crippen LogP contribution is -2.32. The first-order valence-electron chi connectivity index (χ1n) is 5.72. The molecule has 0 saturated carbocycles. The molecule has 1 aromatic heterocycles. The summed E-state index contributed by atoms with van der Waals surface area (Å²) in [6, 6.07) is 2.64. The second-order valence-electron chi connectivity index (χ2n) is 3.83. The Morgan fingerprint density at radius 3 is 2.94 bits per heavy atom. The van der Waals surface area contributed by atoms with Gasteiger partial charge >= 0.3 is 0 Å². The third-order valence-electron chi connectivity index (χ3n) is 2.48. The van der Waals surface area contributed by atoms with Crippen LogP contribution in [0.15, 0.2) is 15.9 Å². The molecule has 1 heterocycles. The molecule has 0 aliphatic carbocycles. The van der Waals surface area contributed by atoms with E-state index in [1.807, 2.05) is 11.3 Å². The van der Waals surface area contributed by atoms with Crippen molar-refractivity contribution in [2.75, 3.05) is 20.3 Å². The predicted octanol–water partition coefficient (Wildman–Crippen LogP) is 3.46. The Morgan fingerprint density at radius 2 is 2.38 bits per heavy atom. The van der Waals surface area contributed by atoms with Crippen LogP contribution in [0.25, 0.3) is 0 Å². The van der Waals surface area contributed by atoms with E-state index in [1.54, 1.807) is 7.11 Å². The SMILES string of the molecule is CCCNC(CCOC)Cc1sccc1Br. The van der Waals surface area contributed by atoms with Crippen LogP contribution in [0.5, 0.6) is 0 Å². The summed E-state index contributed by atoms with van der Waals surface area (Å²) in [6.07, 6.45) is 3.33. The topological polar surface area (TPSA) is 21.3 Å². The third kappa shape index (κ3) is 4.95. The Bertz CT molecular complexity index is 282. The summed E-state index contributed by atoms with van der Waals surface area (Å²) < 4.78 is 6.39. The average Bonchev–Trinajstić information content (AvgIpc) is 2.68. The van der Waals surface area contributed by atoms with Gasteiger partial charge in [0.25, 0.3) is 0 Å². The van der Waals surface area contributed by atoms with Crippen molar-refractivity contribution in [2.24, 2.45) is 0 Å². The summed E-state index contributed by atoms with van der Waals surface area (Å²) in [6.45, 7) is 4.10. The van der Waals surface area contributed by atoms with Crippen LogP contribution in [-0.4, -0.2) is 26.3 Å². The summed E-state index contributed by atoms with van der Waals surface area (Å²) in [5, 5.41) is 5.71. The third-order valence-corrected chi connectivity index (χ3v) is 4.42. The van der Waals surface area contributed by atoms with E-state index >= 15 is 0 Å². The summed E-state index contributed by atoms with van der Waals surface area (Å²) >= 11 is 5.40. The summed E-state index contributed by atoms with van der Waals surface area (Å²) in [7, 11) is 1.76. The molecule has 0 bridgehead atoms. The van der Waals surface area contributed by atoms with Crippen LogP contribution in [0.2, 0.25) is 0 Å². The van der Waals surface area contributed by atoms with Gasteiger partial charge in [0.1, 0.15) is 0 Å². The highest BCUT2D eigenvalue weighted by molar-refractivity contribution is 9.10. The van der Waals surface area contributed by atoms with Crippen molar-refractivity contribution < 1.29 is 4.74 Å². The molecule has 92 valence electrons. The molecule has 2 nitrogen and oxygen atoms in total. The van der Waals surface area contributed by atoms with Gasteiger partial charge in [-0.25, -0.2) is 0 Å². The molecule has 1 aromatic rings. The van der Waals surface area contributed by atoms with Crippen molar-refractivity contribution in [1.82, 2.24) is 5.32 Å². The van der Waals surface area contributed by atoms with E-state index in [2.05, 4.69) is 39.6 Å². The highest BCUT2D eigenvalue weighted by atomic mass is 79.9. The lowest BCUT2D eigenvalue weighted by molar-refractivity contribution is 0.182. The lowest BCUT2D eigenvalue weighted by atomic mass is 10.1. The molecule has 0 fully saturated rings. The molecule has 0 spiro atoms. The molecule has 1 rings (SSSR count). The largest absolute Gasteiger partial charge is 0.385 e. The van der Waals surface area contributed by atoms with Gasteiger partial charge < -0.3 is 10.1 Å². The Hall–Kier alpha value is 0.100. The van der Waals surface area contributed by atoms with Crippen LogP contribution in [0, 0.1) is 0 Å². The Morgan fingerprint density at radius 1 is 1.56 bits per heavy atom. The van der Waals surface area contributed by atoms with Crippen molar-refractivity contribution in [2.45, 2.75) is 32.2 Å². The molecule has 0 aromatic carbocycles. The second-order valence-corrected chi connectivity index (χ2v) is 5.68.